The monoisotopic (exact) mass is 371 g/mol. The molecule has 0 saturated carbocycles. The number of carbonyl (C=O) groups excluding carboxylic acids is 1. The lowest BCUT2D eigenvalue weighted by atomic mass is 10.0. The number of furan rings is 1. The van der Waals surface area contributed by atoms with E-state index in [9.17, 15) is 4.79 Å². The van der Waals surface area contributed by atoms with Gasteiger partial charge < -0.3 is 9.73 Å². The van der Waals surface area contributed by atoms with E-state index in [1.807, 2.05) is 25.1 Å². The van der Waals surface area contributed by atoms with Crippen LogP contribution in [0.25, 0.3) is 5.69 Å². The molecule has 8 heteroatoms. The van der Waals surface area contributed by atoms with Crippen LogP contribution in [0.2, 0.25) is 0 Å². The second-order valence-corrected chi connectivity index (χ2v) is 7.16. The van der Waals surface area contributed by atoms with Crippen molar-refractivity contribution in [3.8, 4) is 5.69 Å². The van der Waals surface area contributed by atoms with Crippen molar-refractivity contribution in [2.45, 2.75) is 37.9 Å². The van der Waals surface area contributed by atoms with Gasteiger partial charge in [-0.2, -0.15) is 4.68 Å². The topological polar surface area (TPSA) is 85.8 Å². The first-order chi connectivity index (χ1) is 12.5. The third-order valence-electron chi connectivity index (χ3n) is 3.93. The van der Waals surface area contributed by atoms with Gasteiger partial charge in [0.15, 0.2) is 0 Å². The molecule has 0 spiro atoms. The fourth-order valence-corrected chi connectivity index (χ4v) is 3.16. The molecular formula is C18H21N5O2S. The molecule has 1 aromatic carbocycles. The lowest BCUT2D eigenvalue weighted by molar-refractivity contribution is -0.119. The van der Waals surface area contributed by atoms with Crippen molar-refractivity contribution in [3.05, 3.63) is 54.0 Å². The van der Waals surface area contributed by atoms with Crippen LogP contribution >= 0.6 is 11.8 Å². The lowest BCUT2D eigenvalue weighted by Gasteiger charge is -2.11. The van der Waals surface area contributed by atoms with Crippen LogP contribution in [-0.4, -0.2) is 31.9 Å². The summed E-state index contributed by atoms with van der Waals surface area (Å²) in [6.45, 7) is 6.17. The van der Waals surface area contributed by atoms with Crippen LogP contribution in [-0.2, 0) is 4.79 Å². The number of aromatic nitrogens is 4. The highest BCUT2D eigenvalue weighted by Gasteiger charge is 2.15. The molecule has 136 valence electrons. The molecule has 0 aliphatic carbocycles. The number of thioether (sulfide) groups is 1. The van der Waals surface area contributed by atoms with Gasteiger partial charge in [-0.05, 0) is 53.1 Å². The van der Waals surface area contributed by atoms with Crippen molar-refractivity contribution in [2.75, 3.05) is 5.75 Å². The summed E-state index contributed by atoms with van der Waals surface area (Å²) in [5.74, 6) is 1.30. The second-order valence-electron chi connectivity index (χ2n) is 6.21. The number of carbonyl (C=O) groups is 1. The summed E-state index contributed by atoms with van der Waals surface area (Å²) in [6.07, 6.45) is 1.59. The molecule has 0 radical (unpaired) electrons. The van der Waals surface area contributed by atoms with E-state index in [-0.39, 0.29) is 17.7 Å². The standard InChI is InChI=1S/C18H21N5O2S/c1-12(2)14-6-8-15(9-7-14)23-18(20-21-22-23)26-11-17(24)19-13(3)16-5-4-10-25-16/h4-10,12-13H,11H2,1-3H3,(H,19,24). The summed E-state index contributed by atoms with van der Waals surface area (Å²) < 4.78 is 6.93. The first-order valence-electron chi connectivity index (χ1n) is 8.39. The van der Waals surface area contributed by atoms with E-state index in [0.29, 0.717) is 11.1 Å². The van der Waals surface area contributed by atoms with Crippen molar-refractivity contribution in [2.24, 2.45) is 0 Å². The average molecular weight is 371 g/mol. The number of hydrogen-bond acceptors (Lipinski definition) is 6. The maximum atomic E-state index is 12.2. The molecule has 0 fully saturated rings. The van der Waals surface area contributed by atoms with Gasteiger partial charge in [-0.25, -0.2) is 0 Å². The van der Waals surface area contributed by atoms with Crippen molar-refractivity contribution in [3.63, 3.8) is 0 Å². The number of tetrazole rings is 1. The number of rotatable bonds is 7. The van der Waals surface area contributed by atoms with Crippen LogP contribution in [0.15, 0.2) is 52.2 Å². The zero-order valence-electron chi connectivity index (χ0n) is 14.9. The molecule has 26 heavy (non-hydrogen) atoms. The van der Waals surface area contributed by atoms with Crippen LogP contribution in [0.5, 0.6) is 0 Å². The van der Waals surface area contributed by atoms with Crippen LogP contribution in [0.1, 0.15) is 44.1 Å². The quantitative estimate of drug-likeness (QED) is 0.641. The molecule has 0 bridgehead atoms. The predicted octanol–water partition coefficient (Wildman–Crippen LogP) is 3.35. The van der Waals surface area contributed by atoms with E-state index in [1.54, 1.807) is 17.0 Å². The number of nitrogens with one attached hydrogen (secondary N) is 1. The Labute approximate surface area is 156 Å². The van der Waals surface area contributed by atoms with E-state index < -0.39 is 0 Å². The lowest BCUT2D eigenvalue weighted by Crippen LogP contribution is -2.28. The minimum atomic E-state index is -0.183. The van der Waals surface area contributed by atoms with E-state index in [1.165, 1.54) is 17.3 Å². The summed E-state index contributed by atoms with van der Waals surface area (Å²) in [4.78, 5) is 12.2. The number of amides is 1. The Kier molecular flexibility index (Phi) is 5.72. The molecule has 1 N–H and O–H groups in total. The van der Waals surface area contributed by atoms with E-state index in [0.717, 1.165) is 11.4 Å². The van der Waals surface area contributed by atoms with Gasteiger partial charge in [-0.15, -0.1) is 5.10 Å². The van der Waals surface area contributed by atoms with E-state index in [2.05, 4.69) is 46.8 Å². The Bertz CT molecular complexity index is 843. The van der Waals surface area contributed by atoms with Crippen molar-refractivity contribution in [1.82, 2.24) is 25.5 Å². The maximum Gasteiger partial charge on any atom is 0.231 e. The molecule has 0 aliphatic rings. The highest BCUT2D eigenvalue weighted by atomic mass is 32.2. The Hall–Kier alpha value is -2.61. The minimum absolute atomic E-state index is 0.108. The number of benzene rings is 1. The fraction of sp³-hybridized carbons (Fsp3) is 0.333. The summed E-state index contributed by atoms with van der Waals surface area (Å²) in [7, 11) is 0. The fourth-order valence-electron chi connectivity index (χ4n) is 2.45. The Balaban J connectivity index is 1.61. The van der Waals surface area contributed by atoms with Gasteiger partial charge in [-0.1, -0.05) is 37.7 Å². The van der Waals surface area contributed by atoms with Gasteiger partial charge in [0.25, 0.3) is 0 Å². The smallest absolute Gasteiger partial charge is 0.231 e. The van der Waals surface area contributed by atoms with Crippen LogP contribution in [0.3, 0.4) is 0 Å². The normalized spacial score (nSPS) is 12.3. The van der Waals surface area contributed by atoms with Gasteiger partial charge in [0.2, 0.25) is 11.1 Å². The zero-order chi connectivity index (χ0) is 18.5. The van der Waals surface area contributed by atoms with Gasteiger partial charge in [-0.3, -0.25) is 4.79 Å². The summed E-state index contributed by atoms with van der Waals surface area (Å²) in [5.41, 5.74) is 2.12. The Morgan fingerprint density at radius 2 is 2.00 bits per heavy atom. The Morgan fingerprint density at radius 1 is 1.23 bits per heavy atom. The SMILES string of the molecule is CC(C)c1ccc(-n2nnnc2SCC(=O)NC(C)c2ccco2)cc1. The Morgan fingerprint density at radius 3 is 2.65 bits per heavy atom. The number of nitrogens with zero attached hydrogens (tertiary/aromatic N) is 4. The summed E-state index contributed by atoms with van der Waals surface area (Å²) >= 11 is 1.29. The maximum absolute atomic E-state index is 12.2. The van der Waals surface area contributed by atoms with Crippen molar-refractivity contribution >= 4 is 17.7 Å². The van der Waals surface area contributed by atoms with E-state index >= 15 is 0 Å². The average Bonchev–Trinajstić information content (AvgIpc) is 3.31. The highest BCUT2D eigenvalue weighted by Crippen LogP contribution is 2.21. The van der Waals surface area contributed by atoms with Crippen molar-refractivity contribution in [1.29, 1.82) is 0 Å². The minimum Gasteiger partial charge on any atom is -0.467 e. The molecule has 1 unspecified atom stereocenters. The van der Waals surface area contributed by atoms with Gasteiger partial charge in [0.1, 0.15) is 5.76 Å². The molecule has 1 atom stereocenters. The molecule has 0 aliphatic heterocycles. The van der Waals surface area contributed by atoms with Crippen LogP contribution in [0.4, 0.5) is 0 Å². The zero-order valence-corrected chi connectivity index (χ0v) is 15.7. The third kappa shape index (κ3) is 4.32. The molecule has 0 saturated heterocycles. The van der Waals surface area contributed by atoms with Gasteiger partial charge >= 0.3 is 0 Å². The highest BCUT2D eigenvalue weighted by molar-refractivity contribution is 7.99. The summed E-state index contributed by atoms with van der Waals surface area (Å²) in [5, 5.41) is 15.2. The molecule has 3 rings (SSSR count). The predicted molar refractivity (Wildman–Crippen MR) is 99.2 cm³/mol. The van der Waals surface area contributed by atoms with Gasteiger partial charge in [0.05, 0.1) is 23.7 Å². The first-order valence-corrected chi connectivity index (χ1v) is 9.37. The van der Waals surface area contributed by atoms with E-state index in [4.69, 9.17) is 4.42 Å². The van der Waals surface area contributed by atoms with Crippen molar-refractivity contribution < 1.29 is 9.21 Å². The molecular weight excluding hydrogens is 350 g/mol. The molecule has 1 amide bonds. The molecule has 3 aromatic rings. The largest absolute Gasteiger partial charge is 0.467 e. The molecule has 2 heterocycles. The second kappa shape index (κ2) is 8.18. The first kappa shape index (κ1) is 18.2. The number of hydrogen-bond donors (Lipinski definition) is 1. The summed E-state index contributed by atoms with van der Waals surface area (Å²) in [6, 6.07) is 11.5. The van der Waals surface area contributed by atoms with Crippen LogP contribution < -0.4 is 5.32 Å². The molecule has 2 aromatic heterocycles. The van der Waals surface area contributed by atoms with Crippen LogP contribution in [0, 0.1) is 0 Å². The third-order valence-corrected chi connectivity index (χ3v) is 4.84. The van der Waals surface area contributed by atoms with Gasteiger partial charge in [0, 0.05) is 0 Å². The molecule has 7 nitrogen and oxygen atoms in total.